The van der Waals surface area contributed by atoms with E-state index >= 15 is 0 Å². The second-order valence-corrected chi connectivity index (χ2v) is 9.41. The Hall–Kier alpha value is -3.13. The molecule has 1 N–H and O–H groups in total. The number of nitrogens with zero attached hydrogens (tertiary/aromatic N) is 3. The highest BCUT2D eigenvalue weighted by Crippen LogP contribution is 2.29. The van der Waals surface area contributed by atoms with Crippen molar-refractivity contribution in [2.75, 3.05) is 11.9 Å². The predicted molar refractivity (Wildman–Crippen MR) is 135 cm³/mol. The maximum absolute atomic E-state index is 13.1. The van der Waals surface area contributed by atoms with Gasteiger partial charge in [0.05, 0.1) is 18.4 Å². The van der Waals surface area contributed by atoms with E-state index in [-0.39, 0.29) is 18.3 Å². The van der Waals surface area contributed by atoms with Crippen molar-refractivity contribution < 1.29 is 14.3 Å². The molecule has 0 saturated heterocycles. The van der Waals surface area contributed by atoms with Crippen LogP contribution in [0.25, 0.3) is 0 Å². The van der Waals surface area contributed by atoms with Crippen molar-refractivity contribution in [1.29, 1.82) is 0 Å². The molecule has 0 aliphatic heterocycles. The fourth-order valence-electron chi connectivity index (χ4n) is 3.51. The molecule has 0 radical (unpaired) electrons. The Morgan fingerprint density at radius 3 is 2.44 bits per heavy atom. The van der Waals surface area contributed by atoms with Crippen LogP contribution in [0.4, 0.5) is 5.69 Å². The van der Waals surface area contributed by atoms with Crippen LogP contribution in [0.2, 0.25) is 0 Å². The predicted octanol–water partition coefficient (Wildman–Crippen LogP) is 5.06. The van der Waals surface area contributed by atoms with E-state index in [2.05, 4.69) is 35.4 Å². The summed E-state index contributed by atoms with van der Waals surface area (Å²) in [6.07, 6.45) is 1.01. The Morgan fingerprint density at radius 1 is 1.03 bits per heavy atom. The van der Waals surface area contributed by atoms with Crippen molar-refractivity contribution in [3.63, 3.8) is 0 Å². The Kier molecular flexibility index (Phi) is 9.27. The highest BCUT2D eigenvalue weighted by Gasteiger charge is 2.23. The van der Waals surface area contributed by atoms with Crippen molar-refractivity contribution in [2.45, 2.75) is 63.4 Å². The number of rotatable bonds is 11. The molecule has 34 heavy (non-hydrogen) atoms. The van der Waals surface area contributed by atoms with Crippen LogP contribution in [0.3, 0.4) is 0 Å². The van der Waals surface area contributed by atoms with Crippen molar-refractivity contribution >= 4 is 29.3 Å². The monoisotopic (exact) mass is 480 g/mol. The van der Waals surface area contributed by atoms with Crippen molar-refractivity contribution in [2.24, 2.45) is 0 Å². The minimum atomic E-state index is -0.417. The SMILES string of the molecule is CCOC(=O)Cc1nnc(S[C@H](C)C(=O)Nc2ccccc2[C@H](C)CC)n1Cc1ccccc1. The number of thioether (sulfide) groups is 1. The number of amides is 1. The van der Waals surface area contributed by atoms with E-state index in [0.29, 0.717) is 30.1 Å². The number of carbonyl (C=O) groups excluding carboxylic acids is 2. The number of esters is 1. The van der Waals surface area contributed by atoms with Crippen LogP contribution in [-0.4, -0.2) is 38.5 Å². The van der Waals surface area contributed by atoms with Crippen LogP contribution in [0, 0.1) is 0 Å². The van der Waals surface area contributed by atoms with Crippen LogP contribution in [-0.2, 0) is 27.3 Å². The van der Waals surface area contributed by atoms with Gasteiger partial charge in [0.2, 0.25) is 5.91 Å². The molecular weight excluding hydrogens is 448 g/mol. The first-order chi connectivity index (χ1) is 16.4. The summed E-state index contributed by atoms with van der Waals surface area (Å²) in [5.74, 6) is 0.397. The smallest absolute Gasteiger partial charge is 0.313 e. The van der Waals surface area contributed by atoms with Crippen molar-refractivity contribution in [3.8, 4) is 0 Å². The van der Waals surface area contributed by atoms with E-state index in [4.69, 9.17) is 4.74 Å². The number of aromatic nitrogens is 3. The number of carbonyl (C=O) groups is 2. The molecule has 0 unspecified atom stereocenters. The third kappa shape index (κ3) is 6.70. The zero-order valence-corrected chi connectivity index (χ0v) is 21.0. The van der Waals surface area contributed by atoms with E-state index in [1.807, 2.05) is 60.0 Å². The van der Waals surface area contributed by atoms with Crippen LogP contribution >= 0.6 is 11.8 Å². The molecule has 0 aliphatic rings. The molecule has 2 atom stereocenters. The number of anilines is 1. The molecule has 2 aromatic carbocycles. The lowest BCUT2D eigenvalue weighted by Gasteiger charge is -2.18. The third-order valence-electron chi connectivity index (χ3n) is 5.60. The summed E-state index contributed by atoms with van der Waals surface area (Å²) in [6, 6.07) is 17.8. The molecule has 3 aromatic rings. The van der Waals surface area contributed by atoms with Crippen molar-refractivity contribution in [3.05, 3.63) is 71.5 Å². The first-order valence-corrected chi connectivity index (χ1v) is 12.5. The lowest BCUT2D eigenvalue weighted by Crippen LogP contribution is -2.24. The van der Waals surface area contributed by atoms with Gasteiger partial charge in [0.15, 0.2) is 5.16 Å². The number of ether oxygens (including phenoxy) is 1. The largest absolute Gasteiger partial charge is 0.466 e. The van der Waals surface area contributed by atoms with Crippen LogP contribution in [0.5, 0.6) is 0 Å². The first-order valence-electron chi connectivity index (χ1n) is 11.6. The van der Waals surface area contributed by atoms with E-state index in [9.17, 15) is 9.59 Å². The first kappa shape index (κ1) is 25.5. The van der Waals surface area contributed by atoms with Gasteiger partial charge in [-0.1, -0.05) is 74.1 Å². The zero-order valence-electron chi connectivity index (χ0n) is 20.2. The fraction of sp³-hybridized carbons (Fsp3) is 0.385. The van der Waals surface area contributed by atoms with E-state index in [1.54, 1.807) is 6.92 Å². The van der Waals surface area contributed by atoms with Gasteiger partial charge in [0.1, 0.15) is 12.2 Å². The number of para-hydroxylation sites is 1. The van der Waals surface area contributed by atoms with Crippen LogP contribution in [0.1, 0.15) is 57.0 Å². The van der Waals surface area contributed by atoms with Gasteiger partial charge >= 0.3 is 5.97 Å². The number of hydrogen-bond donors (Lipinski definition) is 1. The average molecular weight is 481 g/mol. The zero-order chi connectivity index (χ0) is 24.5. The topological polar surface area (TPSA) is 86.1 Å². The number of hydrogen-bond acceptors (Lipinski definition) is 6. The summed E-state index contributed by atoms with van der Waals surface area (Å²) in [5.41, 5.74) is 3.01. The molecule has 3 rings (SSSR count). The molecule has 0 bridgehead atoms. The van der Waals surface area contributed by atoms with Gasteiger partial charge in [-0.25, -0.2) is 0 Å². The molecule has 0 spiro atoms. The fourth-order valence-corrected chi connectivity index (χ4v) is 4.38. The minimum absolute atomic E-state index is 0.0249. The molecule has 1 heterocycles. The molecule has 0 aliphatic carbocycles. The second kappa shape index (κ2) is 12.4. The Bertz CT molecular complexity index is 1100. The Balaban J connectivity index is 1.79. The quantitative estimate of drug-likeness (QED) is 0.305. The highest BCUT2D eigenvalue weighted by atomic mass is 32.2. The average Bonchev–Trinajstić information content (AvgIpc) is 3.20. The van der Waals surface area contributed by atoms with Gasteiger partial charge in [0, 0.05) is 5.69 Å². The molecule has 180 valence electrons. The van der Waals surface area contributed by atoms with E-state index < -0.39 is 5.25 Å². The molecule has 7 nitrogen and oxygen atoms in total. The molecule has 8 heteroatoms. The summed E-state index contributed by atoms with van der Waals surface area (Å²) in [6.45, 7) is 8.71. The third-order valence-corrected chi connectivity index (χ3v) is 6.68. The van der Waals surface area contributed by atoms with E-state index in [1.165, 1.54) is 11.8 Å². The van der Waals surface area contributed by atoms with Gasteiger partial charge in [-0.2, -0.15) is 0 Å². The van der Waals surface area contributed by atoms with Crippen molar-refractivity contribution in [1.82, 2.24) is 14.8 Å². The van der Waals surface area contributed by atoms with Gasteiger partial charge in [0.25, 0.3) is 0 Å². The molecular formula is C26H32N4O3S. The van der Waals surface area contributed by atoms with Gasteiger partial charge in [-0.15, -0.1) is 10.2 Å². The molecule has 0 saturated carbocycles. The molecule has 0 fully saturated rings. The highest BCUT2D eigenvalue weighted by molar-refractivity contribution is 8.00. The summed E-state index contributed by atoms with van der Waals surface area (Å²) < 4.78 is 6.98. The lowest BCUT2D eigenvalue weighted by atomic mass is 9.97. The van der Waals surface area contributed by atoms with E-state index in [0.717, 1.165) is 23.2 Å². The molecule has 1 aromatic heterocycles. The van der Waals surface area contributed by atoms with Gasteiger partial charge in [-0.05, 0) is 43.4 Å². The van der Waals surface area contributed by atoms with Gasteiger partial charge in [-0.3, -0.25) is 9.59 Å². The standard InChI is InChI=1S/C26H32N4O3S/c1-5-18(3)21-14-10-11-15-22(21)27-25(32)19(4)34-26-29-28-23(16-24(31)33-6-2)30(26)17-20-12-8-7-9-13-20/h7-15,18-19H,5-6,16-17H2,1-4H3,(H,27,32)/t18-,19-/m1/s1. The summed E-state index contributed by atoms with van der Waals surface area (Å²) in [5, 5.41) is 11.8. The number of benzene rings is 2. The summed E-state index contributed by atoms with van der Waals surface area (Å²) in [4.78, 5) is 25.2. The van der Waals surface area contributed by atoms with Crippen LogP contribution < -0.4 is 5.32 Å². The Labute approximate surface area is 205 Å². The van der Waals surface area contributed by atoms with Crippen LogP contribution in [0.15, 0.2) is 59.8 Å². The maximum Gasteiger partial charge on any atom is 0.313 e. The Morgan fingerprint density at radius 2 is 1.74 bits per heavy atom. The van der Waals surface area contributed by atoms with Gasteiger partial charge < -0.3 is 14.6 Å². The number of nitrogens with one attached hydrogen (secondary N) is 1. The second-order valence-electron chi connectivity index (χ2n) is 8.10. The normalized spacial score (nSPS) is 12.7. The maximum atomic E-state index is 13.1. The molecule has 1 amide bonds. The summed E-state index contributed by atoms with van der Waals surface area (Å²) in [7, 11) is 0. The minimum Gasteiger partial charge on any atom is -0.466 e. The summed E-state index contributed by atoms with van der Waals surface area (Å²) >= 11 is 1.32. The lowest BCUT2D eigenvalue weighted by molar-refractivity contribution is -0.142.